The smallest absolute Gasteiger partial charge is 0.330 e. The van der Waals surface area contributed by atoms with E-state index in [0.29, 0.717) is 24.5 Å². The standard InChI is InChI=1S/C19H26ClNO4/c1-4-25-15-12-19(17(23)24,18(15,2)3)21-16(22)7-5-6-13-8-10-14(20)11-9-13/h8-11,15H,4-7,12H2,1-3H3,(H,21,22)(H,23,24). The summed E-state index contributed by atoms with van der Waals surface area (Å²) < 4.78 is 5.60. The molecule has 1 fully saturated rings. The number of ether oxygens (including phenoxy) is 1. The number of nitrogens with one attached hydrogen (secondary N) is 1. The summed E-state index contributed by atoms with van der Waals surface area (Å²) in [5.41, 5.74) is -0.809. The molecule has 25 heavy (non-hydrogen) atoms. The van der Waals surface area contributed by atoms with E-state index in [1.807, 2.05) is 45.0 Å². The quantitative estimate of drug-likeness (QED) is 0.738. The zero-order valence-corrected chi connectivity index (χ0v) is 15.7. The Balaban J connectivity index is 1.91. The van der Waals surface area contributed by atoms with E-state index in [-0.39, 0.29) is 18.4 Å². The number of hydrogen-bond acceptors (Lipinski definition) is 3. The third-order valence-corrected chi connectivity index (χ3v) is 5.52. The molecule has 1 amide bonds. The van der Waals surface area contributed by atoms with E-state index in [2.05, 4.69) is 5.32 Å². The van der Waals surface area contributed by atoms with Crippen molar-refractivity contribution in [1.82, 2.24) is 5.32 Å². The van der Waals surface area contributed by atoms with E-state index in [0.717, 1.165) is 12.0 Å². The normalized spacial score (nSPS) is 24.4. The van der Waals surface area contributed by atoms with Crippen LogP contribution in [0, 0.1) is 5.41 Å². The van der Waals surface area contributed by atoms with Crippen molar-refractivity contribution in [1.29, 1.82) is 0 Å². The molecule has 0 spiro atoms. The van der Waals surface area contributed by atoms with Gasteiger partial charge in [-0.25, -0.2) is 4.79 Å². The topological polar surface area (TPSA) is 75.6 Å². The number of hydrogen-bond donors (Lipinski definition) is 2. The molecule has 0 aromatic heterocycles. The fourth-order valence-corrected chi connectivity index (χ4v) is 3.57. The van der Waals surface area contributed by atoms with Crippen molar-refractivity contribution in [3.05, 3.63) is 34.9 Å². The van der Waals surface area contributed by atoms with E-state index in [1.54, 1.807) is 0 Å². The van der Waals surface area contributed by atoms with Gasteiger partial charge in [-0.3, -0.25) is 4.79 Å². The van der Waals surface area contributed by atoms with Gasteiger partial charge in [0.15, 0.2) is 0 Å². The van der Waals surface area contributed by atoms with Crippen LogP contribution in [0.4, 0.5) is 0 Å². The Morgan fingerprint density at radius 2 is 1.96 bits per heavy atom. The van der Waals surface area contributed by atoms with Crippen LogP contribution in [0.15, 0.2) is 24.3 Å². The van der Waals surface area contributed by atoms with Crippen LogP contribution < -0.4 is 5.32 Å². The van der Waals surface area contributed by atoms with E-state index in [1.165, 1.54) is 0 Å². The van der Waals surface area contributed by atoms with E-state index in [4.69, 9.17) is 16.3 Å². The predicted molar refractivity (Wildman–Crippen MR) is 96.7 cm³/mol. The van der Waals surface area contributed by atoms with Gasteiger partial charge in [0.25, 0.3) is 0 Å². The highest BCUT2D eigenvalue weighted by Gasteiger charge is 2.66. The molecule has 1 aromatic carbocycles. The second-order valence-electron chi connectivity index (χ2n) is 7.11. The third-order valence-electron chi connectivity index (χ3n) is 5.26. The van der Waals surface area contributed by atoms with Gasteiger partial charge in [0, 0.05) is 29.9 Å². The van der Waals surface area contributed by atoms with Crippen molar-refractivity contribution in [2.75, 3.05) is 6.61 Å². The van der Waals surface area contributed by atoms with Crippen molar-refractivity contribution in [2.45, 2.75) is 58.1 Å². The number of benzene rings is 1. The lowest BCUT2D eigenvalue weighted by atomic mass is 9.54. The van der Waals surface area contributed by atoms with E-state index in [9.17, 15) is 14.7 Å². The lowest BCUT2D eigenvalue weighted by Gasteiger charge is -2.58. The minimum Gasteiger partial charge on any atom is -0.479 e. The average Bonchev–Trinajstić information content (AvgIpc) is 2.55. The van der Waals surface area contributed by atoms with Gasteiger partial charge in [0.1, 0.15) is 5.54 Å². The van der Waals surface area contributed by atoms with E-state index < -0.39 is 16.9 Å². The zero-order chi connectivity index (χ0) is 18.7. The summed E-state index contributed by atoms with van der Waals surface area (Å²) >= 11 is 5.85. The number of amides is 1. The van der Waals surface area contributed by atoms with Gasteiger partial charge in [0.2, 0.25) is 5.91 Å². The summed E-state index contributed by atoms with van der Waals surface area (Å²) in [6, 6.07) is 7.50. The second-order valence-corrected chi connectivity index (χ2v) is 7.54. The molecule has 1 aromatic rings. The number of carboxylic acids is 1. The van der Waals surface area contributed by atoms with Crippen LogP contribution in [-0.2, 0) is 20.7 Å². The van der Waals surface area contributed by atoms with Gasteiger partial charge >= 0.3 is 5.97 Å². The first kappa shape index (κ1) is 19.7. The summed E-state index contributed by atoms with van der Waals surface area (Å²) in [4.78, 5) is 24.2. The molecule has 2 unspecified atom stereocenters. The fraction of sp³-hybridized carbons (Fsp3) is 0.579. The first-order valence-electron chi connectivity index (χ1n) is 8.63. The zero-order valence-electron chi connectivity index (χ0n) is 15.0. The van der Waals surface area contributed by atoms with Crippen LogP contribution in [0.2, 0.25) is 5.02 Å². The fourth-order valence-electron chi connectivity index (χ4n) is 3.44. The van der Waals surface area contributed by atoms with Crippen molar-refractivity contribution < 1.29 is 19.4 Å². The second kappa shape index (κ2) is 7.75. The van der Waals surface area contributed by atoms with Crippen LogP contribution >= 0.6 is 11.6 Å². The van der Waals surface area contributed by atoms with Gasteiger partial charge in [-0.2, -0.15) is 0 Å². The summed E-state index contributed by atoms with van der Waals surface area (Å²) in [6.45, 7) is 6.07. The maximum atomic E-state index is 12.3. The number of carbonyl (C=O) groups is 2. The van der Waals surface area contributed by atoms with Crippen LogP contribution in [0.25, 0.3) is 0 Å². The number of aliphatic carboxylic acids is 1. The largest absolute Gasteiger partial charge is 0.479 e. The van der Waals surface area contributed by atoms with E-state index >= 15 is 0 Å². The third kappa shape index (κ3) is 3.98. The van der Waals surface area contributed by atoms with Crippen LogP contribution in [0.1, 0.15) is 45.6 Å². The molecule has 1 aliphatic rings. The molecule has 0 aliphatic heterocycles. The summed E-state index contributed by atoms with van der Waals surface area (Å²) in [5.74, 6) is -1.24. The first-order valence-corrected chi connectivity index (χ1v) is 9.01. The molecular formula is C19H26ClNO4. The Hall–Kier alpha value is -1.59. The molecule has 1 saturated carbocycles. The molecular weight excluding hydrogens is 342 g/mol. The molecule has 5 nitrogen and oxygen atoms in total. The molecule has 1 aliphatic carbocycles. The summed E-state index contributed by atoms with van der Waals surface area (Å²) in [5, 5.41) is 13.1. The summed E-state index contributed by atoms with van der Waals surface area (Å²) in [7, 11) is 0. The van der Waals surface area contributed by atoms with Crippen molar-refractivity contribution in [3.8, 4) is 0 Å². The van der Waals surface area contributed by atoms with Gasteiger partial charge in [-0.05, 0) is 37.5 Å². The monoisotopic (exact) mass is 367 g/mol. The maximum Gasteiger partial charge on any atom is 0.330 e. The van der Waals surface area contributed by atoms with Crippen LogP contribution in [-0.4, -0.2) is 35.2 Å². The maximum absolute atomic E-state index is 12.3. The molecule has 0 saturated heterocycles. The highest BCUT2D eigenvalue weighted by Crippen LogP contribution is 2.51. The van der Waals surface area contributed by atoms with Gasteiger partial charge < -0.3 is 15.2 Å². The lowest BCUT2D eigenvalue weighted by molar-refractivity contribution is -0.194. The average molecular weight is 368 g/mol. The number of rotatable bonds is 8. The Kier molecular flexibility index (Phi) is 6.12. The molecule has 0 radical (unpaired) electrons. The van der Waals surface area contributed by atoms with Crippen molar-refractivity contribution >= 4 is 23.5 Å². The Morgan fingerprint density at radius 1 is 1.32 bits per heavy atom. The first-order chi connectivity index (χ1) is 11.7. The minimum atomic E-state index is -1.26. The van der Waals surface area contributed by atoms with Crippen molar-refractivity contribution in [3.63, 3.8) is 0 Å². The van der Waals surface area contributed by atoms with Crippen LogP contribution in [0.5, 0.6) is 0 Å². The van der Waals surface area contributed by atoms with Crippen molar-refractivity contribution in [2.24, 2.45) is 5.41 Å². The molecule has 2 rings (SSSR count). The molecule has 0 bridgehead atoms. The molecule has 138 valence electrons. The number of aryl methyl sites for hydroxylation is 1. The SMILES string of the molecule is CCOC1CC(NC(=O)CCCc2ccc(Cl)cc2)(C(=O)O)C1(C)C. The minimum absolute atomic E-state index is 0.164. The molecule has 2 atom stereocenters. The summed E-state index contributed by atoms with van der Waals surface area (Å²) in [6.07, 6.45) is 1.82. The number of carbonyl (C=O) groups excluding carboxylic acids is 1. The van der Waals surface area contributed by atoms with Crippen LogP contribution in [0.3, 0.4) is 0 Å². The molecule has 6 heteroatoms. The Labute approximate surface area is 153 Å². The Morgan fingerprint density at radius 3 is 2.48 bits per heavy atom. The molecule has 0 heterocycles. The van der Waals surface area contributed by atoms with Gasteiger partial charge in [-0.1, -0.05) is 37.6 Å². The highest BCUT2D eigenvalue weighted by atomic mass is 35.5. The molecule has 2 N–H and O–H groups in total. The number of carboxylic acid groups (broad SMARTS) is 1. The highest BCUT2D eigenvalue weighted by molar-refractivity contribution is 6.30. The van der Waals surface area contributed by atoms with Gasteiger partial charge in [0.05, 0.1) is 6.10 Å². The lowest BCUT2D eigenvalue weighted by Crippen LogP contribution is -2.76. The number of halogens is 1. The predicted octanol–water partition coefficient (Wildman–Crippen LogP) is 3.44. The Bertz CT molecular complexity index is 629. The van der Waals surface area contributed by atoms with Gasteiger partial charge in [-0.15, -0.1) is 0 Å².